The predicted octanol–water partition coefficient (Wildman–Crippen LogP) is 5.66. The molecule has 0 spiro atoms. The Bertz CT molecular complexity index is 954. The summed E-state index contributed by atoms with van der Waals surface area (Å²) in [7, 11) is 0. The van der Waals surface area contributed by atoms with Gasteiger partial charge in [-0.1, -0.05) is 24.2 Å². The van der Waals surface area contributed by atoms with E-state index < -0.39 is 0 Å². The molecule has 0 radical (unpaired) electrons. The van der Waals surface area contributed by atoms with Gasteiger partial charge in [-0.25, -0.2) is 4.98 Å². The first-order valence-corrected chi connectivity index (χ1v) is 11.2. The molecule has 1 unspecified atom stereocenters. The van der Waals surface area contributed by atoms with Gasteiger partial charge in [-0.3, -0.25) is 4.79 Å². The molecular weight excluding hydrogens is 400 g/mol. The molecule has 2 aromatic rings. The minimum Gasteiger partial charge on any atom is -0.511 e. The van der Waals surface area contributed by atoms with E-state index in [1.807, 2.05) is 56.5 Å². The number of nitrogens with zero attached hydrogens (tertiary/aromatic N) is 2. The lowest BCUT2D eigenvalue weighted by molar-refractivity contribution is -0.116. The molecule has 0 bridgehead atoms. The number of rotatable bonds is 8. The molecule has 1 heterocycles. The van der Waals surface area contributed by atoms with Crippen LogP contribution in [0.4, 0.5) is 0 Å². The van der Waals surface area contributed by atoms with Crippen LogP contribution in [0.5, 0.6) is 11.6 Å². The van der Waals surface area contributed by atoms with Gasteiger partial charge in [-0.2, -0.15) is 0 Å². The second-order valence-corrected chi connectivity index (χ2v) is 7.75. The normalized spacial score (nSPS) is 17.2. The average molecular weight is 427 g/mol. The summed E-state index contributed by atoms with van der Waals surface area (Å²) in [5, 5.41) is 14.6. The number of pyridine rings is 1. The SMILES string of the molecule is CCON=C(CC)C1=C(O)CC(c2cccc(Oc3ccc(SC)cn3)c2)CC1=O. The molecule has 158 valence electrons. The average Bonchev–Trinajstić information content (AvgIpc) is 2.76. The van der Waals surface area contributed by atoms with Gasteiger partial charge in [0.1, 0.15) is 18.1 Å². The maximum atomic E-state index is 12.8. The third-order valence-electron chi connectivity index (χ3n) is 4.86. The van der Waals surface area contributed by atoms with Crippen LogP contribution in [0.15, 0.2) is 64.0 Å². The Kier molecular flexibility index (Phi) is 7.52. The number of thioether (sulfide) groups is 1. The van der Waals surface area contributed by atoms with E-state index in [1.165, 1.54) is 0 Å². The number of ketones is 1. The van der Waals surface area contributed by atoms with Crippen molar-refractivity contribution in [2.75, 3.05) is 12.9 Å². The Morgan fingerprint density at radius 2 is 2.10 bits per heavy atom. The smallest absolute Gasteiger partial charge is 0.219 e. The number of carbonyl (C=O) groups is 1. The number of hydrogen-bond acceptors (Lipinski definition) is 7. The molecule has 0 aliphatic heterocycles. The number of oxime groups is 1. The molecule has 1 aliphatic carbocycles. The zero-order chi connectivity index (χ0) is 21.5. The highest BCUT2D eigenvalue weighted by atomic mass is 32.2. The fourth-order valence-electron chi connectivity index (χ4n) is 3.39. The van der Waals surface area contributed by atoms with Crippen LogP contribution in [0.2, 0.25) is 0 Å². The van der Waals surface area contributed by atoms with Crippen LogP contribution in [0.1, 0.15) is 44.6 Å². The van der Waals surface area contributed by atoms with Gasteiger partial charge in [0.05, 0.1) is 11.3 Å². The summed E-state index contributed by atoms with van der Waals surface area (Å²) in [6.45, 7) is 4.12. The highest BCUT2D eigenvalue weighted by molar-refractivity contribution is 7.98. The number of benzene rings is 1. The zero-order valence-electron chi connectivity index (χ0n) is 17.4. The van der Waals surface area contributed by atoms with Crippen LogP contribution in [0.25, 0.3) is 0 Å². The lowest BCUT2D eigenvalue weighted by Gasteiger charge is -2.24. The summed E-state index contributed by atoms with van der Waals surface area (Å²) in [6, 6.07) is 11.4. The van der Waals surface area contributed by atoms with Crippen molar-refractivity contribution >= 4 is 23.3 Å². The minimum atomic E-state index is -0.123. The summed E-state index contributed by atoms with van der Waals surface area (Å²) in [5.41, 5.74) is 1.73. The Labute approximate surface area is 181 Å². The quantitative estimate of drug-likeness (QED) is 0.333. The van der Waals surface area contributed by atoms with E-state index in [-0.39, 0.29) is 17.5 Å². The molecule has 30 heavy (non-hydrogen) atoms. The van der Waals surface area contributed by atoms with Crippen molar-refractivity contribution in [2.45, 2.75) is 43.9 Å². The molecular formula is C23H26N2O4S. The van der Waals surface area contributed by atoms with Crippen LogP contribution in [0, 0.1) is 0 Å². The molecule has 0 saturated carbocycles. The topological polar surface area (TPSA) is 81.0 Å². The second kappa shape index (κ2) is 10.3. The second-order valence-electron chi connectivity index (χ2n) is 6.87. The van der Waals surface area contributed by atoms with E-state index in [2.05, 4.69) is 10.1 Å². The van der Waals surface area contributed by atoms with Crippen molar-refractivity contribution < 1.29 is 19.5 Å². The van der Waals surface area contributed by atoms with Gasteiger partial charge >= 0.3 is 0 Å². The Balaban J connectivity index is 1.78. The molecule has 3 rings (SSSR count). The molecule has 1 aliphatic rings. The third kappa shape index (κ3) is 5.21. The van der Waals surface area contributed by atoms with Crippen molar-refractivity contribution in [3.8, 4) is 11.6 Å². The van der Waals surface area contributed by atoms with Crippen molar-refractivity contribution in [1.82, 2.24) is 4.98 Å². The van der Waals surface area contributed by atoms with Crippen LogP contribution in [0.3, 0.4) is 0 Å². The van der Waals surface area contributed by atoms with Crippen molar-refractivity contribution in [2.24, 2.45) is 5.16 Å². The first-order valence-electron chi connectivity index (χ1n) is 9.98. The van der Waals surface area contributed by atoms with E-state index in [0.717, 1.165) is 10.5 Å². The first-order chi connectivity index (χ1) is 14.5. The summed E-state index contributed by atoms with van der Waals surface area (Å²) in [6.07, 6.45) is 4.95. The number of aromatic nitrogens is 1. The lowest BCUT2D eigenvalue weighted by Crippen LogP contribution is -2.23. The van der Waals surface area contributed by atoms with E-state index >= 15 is 0 Å². The number of ether oxygens (including phenoxy) is 1. The van der Waals surface area contributed by atoms with Gasteiger partial charge < -0.3 is 14.7 Å². The maximum absolute atomic E-state index is 12.8. The van der Waals surface area contributed by atoms with Crippen LogP contribution < -0.4 is 4.74 Å². The zero-order valence-corrected chi connectivity index (χ0v) is 18.2. The molecule has 7 heteroatoms. The van der Waals surface area contributed by atoms with Crippen LogP contribution in [-0.2, 0) is 9.63 Å². The monoisotopic (exact) mass is 426 g/mol. The van der Waals surface area contributed by atoms with E-state index in [1.54, 1.807) is 18.0 Å². The largest absolute Gasteiger partial charge is 0.511 e. The Morgan fingerprint density at radius 3 is 2.73 bits per heavy atom. The van der Waals surface area contributed by atoms with Crippen molar-refractivity contribution in [3.05, 3.63) is 59.5 Å². The highest BCUT2D eigenvalue weighted by Gasteiger charge is 2.31. The summed E-state index contributed by atoms with van der Waals surface area (Å²) in [4.78, 5) is 23.3. The third-order valence-corrected chi connectivity index (χ3v) is 5.58. The first kappa shape index (κ1) is 21.9. The fraction of sp³-hybridized carbons (Fsp3) is 0.348. The minimum absolute atomic E-state index is 0.0668. The van der Waals surface area contributed by atoms with Gasteiger partial charge in [0.15, 0.2) is 5.78 Å². The Hall–Kier alpha value is -2.80. The van der Waals surface area contributed by atoms with Gasteiger partial charge in [0.25, 0.3) is 0 Å². The number of allylic oxidation sites excluding steroid dienone is 2. The molecule has 0 fully saturated rings. The molecule has 1 aromatic carbocycles. The van der Waals surface area contributed by atoms with Gasteiger partial charge in [-0.15, -0.1) is 11.8 Å². The number of aliphatic hydroxyl groups is 1. The van der Waals surface area contributed by atoms with Gasteiger partial charge in [0.2, 0.25) is 5.88 Å². The summed E-state index contributed by atoms with van der Waals surface area (Å²) in [5.74, 6) is 0.976. The molecule has 0 amide bonds. The molecule has 1 atom stereocenters. The lowest BCUT2D eigenvalue weighted by atomic mass is 9.81. The number of aliphatic hydroxyl groups excluding tert-OH is 1. The highest BCUT2D eigenvalue weighted by Crippen LogP contribution is 2.36. The number of carbonyl (C=O) groups excluding carboxylic acids is 1. The van der Waals surface area contributed by atoms with Crippen LogP contribution in [-0.4, -0.2) is 34.4 Å². The maximum Gasteiger partial charge on any atom is 0.219 e. The van der Waals surface area contributed by atoms with Crippen molar-refractivity contribution in [3.63, 3.8) is 0 Å². The van der Waals surface area contributed by atoms with E-state index in [9.17, 15) is 9.90 Å². The predicted molar refractivity (Wildman–Crippen MR) is 119 cm³/mol. The molecule has 0 saturated heterocycles. The molecule has 1 aromatic heterocycles. The molecule has 1 N–H and O–H groups in total. The van der Waals surface area contributed by atoms with Crippen LogP contribution >= 0.6 is 11.8 Å². The van der Waals surface area contributed by atoms with E-state index in [0.29, 0.717) is 48.8 Å². The van der Waals surface area contributed by atoms with E-state index in [4.69, 9.17) is 9.57 Å². The van der Waals surface area contributed by atoms with Gasteiger partial charge in [0, 0.05) is 30.0 Å². The summed E-state index contributed by atoms with van der Waals surface area (Å²) < 4.78 is 5.87. The standard InChI is InChI=1S/C23H26N2O4S/c1-4-19(25-28-5-2)23-20(26)12-16(13-21(23)27)15-7-6-8-17(11-15)29-22-10-9-18(30-3)14-24-22/h6-11,14,16,26H,4-5,12-13H2,1-3H3. The summed E-state index contributed by atoms with van der Waals surface area (Å²) >= 11 is 1.62. The fourth-order valence-corrected chi connectivity index (χ4v) is 3.75. The molecule has 6 nitrogen and oxygen atoms in total. The van der Waals surface area contributed by atoms with Crippen molar-refractivity contribution in [1.29, 1.82) is 0 Å². The number of hydrogen-bond donors (Lipinski definition) is 1. The van der Waals surface area contributed by atoms with Gasteiger partial charge in [-0.05, 0) is 49.3 Å². The Morgan fingerprint density at radius 1 is 1.27 bits per heavy atom. The number of Topliss-reactive ketones (excluding diaryl/α,β-unsaturated/α-hetero) is 1.